The summed E-state index contributed by atoms with van der Waals surface area (Å²) >= 11 is 0. The number of aliphatic imine (C=N–C) groups is 1. The summed E-state index contributed by atoms with van der Waals surface area (Å²) in [6, 6.07) is 8.32. The SMILES string of the molecule is CC1(C)N=C(c2cnc3cc(O)ccn23)c2cccc(F)c2C1(C)C. The van der Waals surface area contributed by atoms with Gasteiger partial charge in [-0.1, -0.05) is 26.0 Å². The first-order valence-corrected chi connectivity index (χ1v) is 8.28. The molecule has 2 aromatic heterocycles. The number of pyridine rings is 1. The molecule has 0 amide bonds. The molecule has 0 saturated heterocycles. The van der Waals surface area contributed by atoms with Crippen LogP contribution in [0.2, 0.25) is 0 Å². The zero-order valence-electron chi connectivity index (χ0n) is 14.7. The molecule has 0 aliphatic carbocycles. The van der Waals surface area contributed by atoms with Crippen LogP contribution in [0.5, 0.6) is 5.75 Å². The van der Waals surface area contributed by atoms with Crippen molar-refractivity contribution < 1.29 is 9.50 Å². The molecular formula is C20H20FN3O. The number of hydrogen-bond acceptors (Lipinski definition) is 3. The van der Waals surface area contributed by atoms with Crippen molar-refractivity contribution in [2.24, 2.45) is 4.99 Å². The third kappa shape index (κ3) is 2.11. The molecular weight excluding hydrogens is 317 g/mol. The lowest BCUT2D eigenvalue weighted by Gasteiger charge is -2.44. The monoisotopic (exact) mass is 337 g/mol. The van der Waals surface area contributed by atoms with E-state index in [2.05, 4.69) is 4.98 Å². The van der Waals surface area contributed by atoms with Crippen LogP contribution in [-0.2, 0) is 5.41 Å². The molecule has 1 aliphatic heterocycles. The van der Waals surface area contributed by atoms with E-state index in [4.69, 9.17) is 4.99 Å². The normalized spacial score (nSPS) is 18.0. The highest BCUT2D eigenvalue weighted by Gasteiger charge is 2.45. The smallest absolute Gasteiger partial charge is 0.140 e. The van der Waals surface area contributed by atoms with Crippen molar-refractivity contribution in [2.75, 3.05) is 0 Å². The molecule has 3 heterocycles. The number of halogens is 1. The van der Waals surface area contributed by atoms with Crippen molar-refractivity contribution in [3.05, 3.63) is 65.4 Å². The minimum Gasteiger partial charge on any atom is -0.508 e. The molecule has 0 radical (unpaired) electrons. The second-order valence-corrected chi connectivity index (χ2v) is 7.56. The average Bonchev–Trinajstić information content (AvgIpc) is 2.93. The number of imidazole rings is 1. The molecule has 1 aromatic carbocycles. The number of aromatic hydroxyl groups is 1. The van der Waals surface area contributed by atoms with Crippen molar-refractivity contribution in [2.45, 2.75) is 38.6 Å². The lowest BCUT2D eigenvalue weighted by atomic mass is 9.66. The number of hydrogen-bond donors (Lipinski definition) is 1. The minimum absolute atomic E-state index is 0.156. The summed E-state index contributed by atoms with van der Waals surface area (Å²) in [5.41, 5.74) is 2.66. The number of nitrogens with zero attached hydrogens (tertiary/aromatic N) is 3. The summed E-state index contributed by atoms with van der Waals surface area (Å²) in [6.45, 7) is 8.11. The van der Waals surface area contributed by atoms with Gasteiger partial charge in [-0.2, -0.15) is 0 Å². The first kappa shape index (κ1) is 15.8. The van der Waals surface area contributed by atoms with Crippen LogP contribution in [0.4, 0.5) is 4.39 Å². The van der Waals surface area contributed by atoms with E-state index >= 15 is 0 Å². The van der Waals surface area contributed by atoms with E-state index < -0.39 is 11.0 Å². The Morgan fingerprint density at radius 3 is 2.64 bits per heavy atom. The number of benzene rings is 1. The van der Waals surface area contributed by atoms with Gasteiger partial charge in [0, 0.05) is 28.8 Å². The summed E-state index contributed by atoms with van der Waals surface area (Å²) in [5, 5.41) is 9.66. The van der Waals surface area contributed by atoms with Gasteiger partial charge >= 0.3 is 0 Å². The van der Waals surface area contributed by atoms with Crippen LogP contribution in [0.15, 0.2) is 47.7 Å². The largest absolute Gasteiger partial charge is 0.508 e. The molecule has 0 spiro atoms. The summed E-state index contributed by atoms with van der Waals surface area (Å²) in [7, 11) is 0. The second kappa shape index (κ2) is 4.91. The van der Waals surface area contributed by atoms with Gasteiger partial charge in [0.05, 0.1) is 23.1 Å². The Hall–Kier alpha value is -2.69. The van der Waals surface area contributed by atoms with Gasteiger partial charge in [-0.15, -0.1) is 0 Å². The van der Waals surface area contributed by atoms with Crippen molar-refractivity contribution in [3.8, 4) is 5.75 Å². The molecule has 4 rings (SSSR count). The van der Waals surface area contributed by atoms with Crippen LogP contribution < -0.4 is 0 Å². The quantitative estimate of drug-likeness (QED) is 0.727. The summed E-state index contributed by atoms with van der Waals surface area (Å²) in [4.78, 5) is 9.35. The van der Waals surface area contributed by atoms with Crippen LogP contribution in [0.1, 0.15) is 44.5 Å². The van der Waals surface area contributed by atoms with Crippen molar-refractivity contribution in [1.82, 2.24) is 9.38 Å². The average molecular weight is 337 g/mol. The number of rotatable bonds is 1. The Kier molecular flexibility index (Phi) is 3.11. The van der Waals surface area contributed by atoms with E-state index in [-0.39, 0.29) is 11.6 Å². The van der Waals surface area contributed by atoms with E-state index in [1.165, 1.54) is 6.07 Å². The number of aromatic nitrogens is 2. The molecule has 0 bridgehead atoms. The van der Waals surface area contributed by atoms with Crippen LogP contribution in [0.25, 0.3) is 5.65 Å². The molecule has 0 saturated carbocycles. The minimum atomic E-state index is -0.488. The molecule has 1 aliphatic rings. The van der Waals surface area contributed by atoms with Gasteiger partial charge in [-0.25, -0.2) is 9.37 Å². The third-order valence-corrected chi connectivity index (χ3v) is 5.55. The summed E-state index contributed by atoms with van der Waals surface area (Å²) in [6.07, 6.45) is 3.47. The Labute approximate surface area is 145 Å². The van der Waals surface area contributed by atoms with Gasteiger partial charge < -0.3 is 5.11 Å². The predicted octanol–water partition coefficient (Wildman–Crippen LogP) is 4.09. The summed E-state index contributed by atoms with van der Waals surface area (Å²) < 4.78 is 16.6. The standard InChI is InChI=1S/C20H20FN3O/c1-19(2)17-13(6-5-7-14(17)21)18(23-20(19,3)4)15-11-22-16-10-12(25)8-9-24(15)16/h5-11,25H,1-4H3. The fourth-order valence-electron chi connectivity index (χ4n) is 3.48. The van der Waals surface area contributed by atoms with E-state index in [0.29, 0.717) is 11.2 Å². The fraction of sp³-hybridized carbons (Fsp3) is 0.300. The molecule has 25 heavy (non-hydrogen) atoms. The maximum atomic E-state index is 14.8. The molecule has 1 N–H and O–H groups in total. The maximum absolute atomic E-state index is 14.8. The highest BCUT2D eigenvalue weighted by molar-refractivity contribution is 6.14. The van der Waals surface area contributed by atoms with Gasteiger partial charge in [0.15, 0.2) is 0 Å². The van der Waals surface area contributed by atoms with E-state index in [9.17, 15) is 9.50 Å². The van der Waals surface area contributed by atoms with Crippen LogP contribution in [0, 0.1) is 5.82 Å². The van der Waals surface area contributed by atoms with Crippen LogP contribution >= 0.6 is 0 Å². The van der Waals surface area contributed by atoms with Gasteiger partial charge in [0.1, 0.15) is 17.2 Å². The highest BCUT2D eigenvalue weighted by Crippen LogP contribution is 2.45. The van der Waals surface area contributed by atoms with Gasteiger partial charge in [-0.05, 0) is 26.0 Å². The highest BCUT2D eigenvalue weighted by atomic mass is 19.1. The molecule has 0 unspecified atom stereocenters. The first-order valence-electron chi connectivity index (χ1n) is 8.28. The zero-order chi connectivity index (χ0) is 18.0. The Morgan fingerprint density at radius 2 is 1.88 bits per heavy atom. The Balaban J connectivity index is 2.05. The lowest BCUT2D eigenvalue weighted by Crippen LogP contribution is -2.47. The third-order valence-electron chi connectivity index (χ3n) is 5.55. The topological polar surface area (TPSA) is 49.9 Å². The summed E-state index contributed by atoms with van der Waals surface area (Å²) in [5.74, 6) is -0.0578. The first-order chi connectivity index (χ1) is 11.7. The van der Waals surface area contributed by atoms with Crippen molar-refractivity contribution >= 4 is 11.4 Å². The predicted molar refractivity (Wildman–Crippen MR) is 96.0 cm³/mol. The van der Waals surface area contributed by atoms with E-state index in [0.717, 1.165) is 17.0 Å². The molecule has 0 fully saturated rings. The van der Waals surface area contributed by atoms with Gasteiger partial charge in [-0.3, -0.25) is 9.39 Å². The fourth-order valence-corrected chi connectivity index (χ4v) is 3.48. The lowest BCUT2D eigenvalue weighted by molar-refractivity contribution is 0.293. The molecule has 0 atom stereocenters. The maximum Gasteiger partial charge on any atom is 0.140 e. The van der Waals surface area contributed by atoms with Gasteiger partial charge in [0.25, 0.3) is 0 Å². The van der Waals surface area contributed by atoms with Crippen molar-refractivity contribution in [1.29, 1.82) is 0 Å². The molecule has 5 heteroatoms. The van der Waals surface area contributed by atoms with Crippen molar-refractivity contribution in [3.63, 3.8) is 0 Å². The molecule has 4 nitrogen and oxygen atoms in total. The zero-order valence-corrected chi connectivity index (χ0v) is 14.7. The van der Waals surface area contributed by atoms with Crippen LogP contribution in [-0.4, -0.2) is 25.7 Å². The van der Waals surface area contributed by atoms with Crippen LogP contribution in [0.3, 0.4) is 0 Å². The Morgan fingerprint density at radius 1 is 1.12 bits per heavy atom. The number of fused-ring (bicyclic) bond motifs is 2. The second-order valence-electron chi connectivity index (χ2n) is 7.56. The van der Waals surface area contributed by atoms with E-state index in [1.54, 1.807) is 30.6 Å². The Bertz CT molecular complexity index is 1030. The molecule has 128 valence electrons. The van der Waals surface area contributed by atoms with Gasteiger partial charge in [0.2, 0.25) is 0 Å². The molecule has 3 aromatic rings. The van der Waals surface area contributed by atoms with E-state index in [1.807, 2.05) is 38.2 Å².